The van der Waals surface area contributed by atoms with E-state index in [1.165, 1.54) is 17.5 Å². The van der Waals surface area contributed by atoms with E-state index < -0.39 is 0 Å². The summed E-state index contributed by atoms with van der Waals surface area (Å²) >= 11 is 1.72. The van der Waals surface area contributed by atoms with E-state index in [1.807, 2.05) is 4.90 Å². The lowest BCUT2D eigenvalue weighted by Crippen LogP contribution is -2.44. The molecule has 1 saturated heterocycles. The fourth-order valence-corrected chi connectivity index (χ4v) is 3.76. The van der Waals surface area contributed by atoms with Gasteiger partial charge in [0.15, 0.2) is 5.17 Å². The van der Waals surface area contributed by atoms with Crippen LogP contribution in [0.4, 0.5) is 5.69 Å². The van der Waals surface area contributed by atoms with E-state index in [0.29, 0.717) is 5.91 Å². The number of benzene rings is 1. The summed E-state index contributed by atoms with van der Waals surface area (Å²) in [6, 6.07) is 6.22. The van der Waals surface area contributed by atoms with Crippen LogP contribution in [0.15, 0.2) is 23.2 Å². The molecule has 3 rings (SSSR count). The Morgan fingerprint density at radius 3 is 2.57 bits per heavy atom. The van der Waals surface area contributed by atoms with Crippen molar-refractivity contribution in [1.29, 1.82) is 0 Å². The number of aliphatic imine (C=N–C) groups is 1. The fourth-order valence-electron chi connectivity index (χ4n) is 2.81. The first-order valence-corrected chi connectivity index (χ1v) is 8.74. The fraction of sp³-hybridized carbons (Fsp3) is 0.529. The molecule has 2 fully saturated rings. The molecular weight excluding hydrogens is 280 g/mol. The van der Waals surface area contributed by atoms with Crippen LogP contribution >= 0.6 is 11.8 Å². The molecular formula is C17H22N2OS. The van der Waals surface area contributed by atoms with E-state index >= 15 is 0 Å². The highest BCUT2D eigenvalue weighted by molar-refractivity contribution is 8.13. The number of amides is 1. The van der Waals surface area contributed by atoms with Gasteiger partial charge in [-0.25, -0.2) is 4.99 Å². The van der Waals surface area contributed by atoms with E-state index in [9.17, 15) is 4.79 Å². The molecule has 1 aliphatic carbocycles. The third-order valence-electron chi connectivity index (χ3n) is 4.36. The predicted octanol–water partition coefficient (Wildman–Crippen LogP) is 4.06. The summed E-state index contributed by atoms with van der Waals surface area (Å²) in [6.07, 6.45) is 4.36. The van der Waals surface area contributed by atoms with Crippen molar-refractivity contribution in [1.82, 2.24) is 4.90 Å². The highest BCUT2D eigenvalue weighted by atomic mass is 32.2. The first-order chi connectivity index (χ1) is 10.2. The van der Waals surface area contributed by atoms with Crippen molar-refractivity contribution in [3.63, 3.8) is 0 Å². The number of hydrogen-bond acceptors (Lipinski definition) is 3. The van der Waals surface area contributed by atoms with E-state index in [1.54, 1.807) is 11.8 Å². The highest BCUT2D eigenvalue weighted by Gasteiger charge is 2.33. The highest BCUT2D eigenvalue weighted by Crippen LogP contribution is 2.32. The Morgan fingerprint density at radius 1 is 1.24 bits per heavy atom. The molecule has 0 spiro atoms. The van der Waals surface area contributed by atoms with Crippen LogP contribution in [0.2, 0.25) is 0 Å². The van der Waals surface area contributed by atoms with E-state index in [-0.39, 0.29) is 5.92 Å². The molecule has 0 radical (unpaired) electrons. The number of thioether (sulfide) groups is 1. The van der Waals surface area contributed by atoms with Gasteiger partial charge in [-0.15, -0.1) is 0 Å². The number of nitrogens with zero attached hydrogens (tertiary/aromatic N) is 2. The Balaban J connectivity index is 1.90. The van der Waals surface area contributed by atoms with Gasteiger partial charge in [-0.2, -0.15) is 0 Å². The molecule has 0 unspecified atom stereocenters. The number of aryl methyl sites for hydroxylation is 2. The predicted molar refractivity (Wildman–Crippen MR) is 89.1 cm³/mol. The Labute approximate surface area is 130 Å². The van der Waals surface area contributed by atoms with Crippen molar-refractivity contribution in [2.45, 2.75) is 39.5 Å². The Bertz CT molecular complexity index is 558. The van der Waals surface area contributed by atoms with E-state index in [4.69, 9.17) is 4.99 Å². The first kappa shape index (κ1) is 14.6. The number of hydrogen-bond donors (Lipinski definition) is 0. The molecule has 0 N–H and O–H groups in total. The van der Waals surface area contributed by atoms with Crippen LogP contribution in [0.5, 0.6) is 0 Å². The van der Waals surface area contributed by atoms with Crippen molar-refractivity contribution < 1.29 is 4.79 Å². The molecule has 112 valence electrons. The zero-order valence-electron chi connectivity index (χ0n) is 12.8. The summed E-state index contributed by atoms with van der Waals surface area (Å²) in [5, 5.41) is 0.899. The average molecular weight is 302 g/mol. The van der Waals surface area contributed by atoms with Crippen LogP contribution in [0.3, 0.4) is 0 Å². The maximum Gasteiger partial charge on any atom is 0.231 e. The number of amidine groups is 1. The zero-order chi connectivity index (χ0) is 14.8. The minimum absolute atomic E-state index is 0.242. The molecule has 1 aromatic rings. The summed E-state index contributed by atoms with van der Waals surface area (Å²) in [5.41, 5.74) is 3.36. The lowest BCUT2D eigenvalue weighted by molar-refractivity contribution is -0.134. The zero-order valence-corrected chi connectivity index (χ0v) is 13.6. The molecule has 1 aliphatic heterocycles. The average Bonchev–Trinajstić information content (AvgIpc) is 2.41. The van der Waals surface area contributed by atoms with Gasteiger partial charge in [0, 0.05) is 18.2 Å². The number of carbonyl (C=O) groups is 1. The molecule has 1 saturated carbocycles. The van der Waals surface area contributed by atoms with Gasteiger partial charge in [-0.05, 0) is 44.2 Å². The topological polar surface area (TPSA) is 32.7 Å². The van der Waals surface area contributed by atoms with Crippen LogP contribution in [0.25, 0.3) is 0 Å². The largest absolute Gasteiger partial charge is 0.291 e. The third-order valence-corrected chi connectivity index (χ3v) is 5.42. The van der Waals surface area contributed by atoms with E-state index in [2.05, 4.69) is 32.0 Å². The van der Waals surface area contributed by atoms with Gasteiger partial charge < -0.3 is 0 Å². The van der Waals surface area contributed by atoms with Gasteiger partial charge in [0.1, 0.15) is 0 Å². The van der Waals surface area contributed by atoms with Crippen LogP contribution in [-0.4, -0.2) is 28.3 Å². The minimum atomic E-state index is 0.242. The summed E-state index contributed by atoms with van der Waals surface area (Å²) in [6.45, 7) is 4.99. The SMILES string of the molecule is Cc1cccc(C)c1N=C1SCCCN1C(=O)C1CCC1. The second-order valence-electron chi connectivity index (χ2n) is 5.95. The second-order valence-corrected chi connectivity index (χ2v) is 7.02. The van der Waals surface area contributed by atoms with Gasteiger partial charge in [0.2, 0.25) is 5.91 Å². The standard InChI is InChI=1S/C17H22N2OS/c1-12-6-3-7-13(2)15(12)18-17-19(10-5-11-21-17)16(20)14-8-4-9-14/h3,6-7,14H,4-5,8-11H2,1-2H3. The smallest absolute Gasteiger partial charge is 0.231 e. The maximum absolute atomic E-state index is 12.6. The van der Waals surface area contributed by atoms with Gasteiger partial charge in [0.05, 0.1) is 5.69 Å². The van der Waals surface area contributed by atoms with E-state index in [0.717, 1.165) is 42.4 Å². The van der Waals surface area contributed by atoms with Crippen molar-refractivity contribution in [3.05, 3.63) is 29.3 Å². The quantitative estimate of drug-likeness (QED) is 0.825. The Morgan fingerprint density at radius 2 is 1.95 bits per heavy atom. The number of carbonyl (C=O) groups excluding carboxylic acids is 1. The Hall–Kier alpha value is -1.29. The maximum atomic E-state index is 12.6. The monoisotopic (exact) mass is 302 g/mol. The molecule has 1 aromatic carbocycles. The molecule has 21 heavy (non-hydrogen) atoms. The Kier molecular flexibility index (Phi) is 4.34. The van der Waals surface area contributed by atoms with Crippen molar-refractivity contribution in [2.75, 3.05) is 12.3 Å². The van der Waals surface area contributed by atoms with Gasteiger partial charge in [-0.3, -0.25) is 9.69 Å². The molecule has 2 aliphatic rings. The summed E-state index contributed by atoms with van der Waals surface area (Å²) < 4.78 is 0. The van der Waals surface area contributed by atoms with Gasteiger partial charge >= 0.3 is 0 Å². The third kappa shape index (κ3) is 3.00. The molecule has 3 nitrogen and oxygen atoms in total. The second kappa shape index (κ2) is 6.22. The van der Waals surface area contributed by atoms with Crippen LogP contribution in [-0.2, 0) is 4.79 Å². The number of rotatable bonds is 2. The first-order valence-electron chi connectivity index (χ1n) is 7.76. The molecule has 0 aromatic heterocycles. The molecule has 4 heteroatoms. The summed E-state index contributed by atoms with van der Waals surface area (Å²) in [4.78, 5) is 19.4. The van der Waals surface area contributed by atoms with Gasteiger partial charge in [0.25, 0.3) is 0 Å². The molecule has 1 heterocycles. The summed E-state index contributed by atoms with van der Waals surface area (Å²) in [5.74, 6) is 1.59. The van der Waals surface area contributed by atoms with Crippen LogP contribution < -0.4 is 0 Å². The van der Waals surface area contributed by atoms with Crippen molar-refractivity contribution in [3.8, 4) is 0 Å². The van der Waals surface area contributed by atoms with Crippen molar-refractivity contribution in [2.24, 2.45) is 10.9 Å². The van der Waals surface area contributed by atoms with Gasteiger partial charge in [-0.1, -0.05) is 36.4 Å². The molecule has 0 atom stereocenters. The summed E-state index contributed by atoms with van der Waals surface area (Å²) in [7, 11) is 0. The molecule has 0 bridgehead atoms. The van der Waals surface area contributed by atoms with Crippen LogP contribution in [0, 0.1) is 19.8 Å². The minimum Gasteiger partial charge on any atom is -0.291 e. The van der Waals surface area contributed by atoms with Crippen LogP contribution in [0.1, 0.15) is 36.8 Å². The molecule has 1 amide bonds. The normalized spacial score (nSPS) is 21.4. The number of para-hydroxylation sites is 1. The lowest BCUT2D eigenvalue weighted by Gasteiger charge is -2.34. The van der Waals surface area contributed by atoms with Crippen molar-refractivity contribution >= 4 is 28.5 Å². The lowest BCUT2D eigenvalue weighted by atomic mass is 9.84.